The molecule has 0 bridgehead atoms. The predicted molar refractivity (Wildman–Crippen MR) is 77.7 cm³/mol. The molecule has 1 aromatic rings. The maximum absolute atomic E-state index is 11.9. The summed E-state index contributed by atoms with van der Waals surface area (Å²) < 4.78 is 0. The van der Waals surface area contributed by atoms with E-state index in [9.17, 15) is 14.7 Å². The zero-order valence-electron chi connectivity index (χ0n) is 12.1. The molecule has 2 rings (SSSR count). The number of aromatic hydroxyl groups is 1. The van der Waals surface area contributed by atoms with Crippen LogP contribution in [0, 0.1) is 11.8 Å². The normalized spacial score (nSPS) is 21.6. The van der Waals surface area contributed by atoms with E-state index in [0.717, 1.165) is 25.7 Å². The van der Waals surface area contributed by atoms with Crippen LogP contribution in [0.2, 0.25) is 0 Å². The van der Waals surface area contributed by atoms with Gasteiger partial charge in [0.15, 0.2) is 5.69 Å². The maximum Gasteiger partial charge on any atom is 0.273 e. The lowest BCUT2D eigenvalue weighted by atomic mass is 9.81. The smallest absolute Gasteiger partial charge is 0.273 e. The van der Waals surface area contributed by atoms with E-state index < -0.39 is 0 Å². The summed E-state index contributed by atoms with van der Waals surface area (Å²) in [6.45, 7) is 0.551. The molecular weight excluding hydrogens is 270 g/mol. The monoisotopic (exact) mass is 291 g/mol. The van der Waals surface area contributed by atoms with E-state index in [1.807, 2.05) is 0 Å². The average Bonchev–Trinajstić information content (AvgIpc) is 2.52. The molecule has 0 atom stereocenters. The summed E-state index contributed by atoms with van der Waals surface area (Å²) in [5.41, 5.74) is 0.0524. The third-order valence-electron chi connectivity index (χ3n) is 4.02. The zero-order chi connectivity index (χ0) is 15.2. The van der Waals surface area contributed by atoms with E-state index in [1.165, 1.54) is 12.3 Å². The van der Waals surface area contributed by atoms with Crippen molar-refractivity contribution in [3.63, 3.8) is 0 Å². The van der Waals surface area contributed by atoms with Crippen LogP contribution in [-0.2, 0) is 4.79 Å². The number of carbonyl (C=O) groups is 2. The Morgan fingerprint density at radius 2 is 2.05 bits per heavy atom. The van der Waals surface area contributed by atoms with Crippen LogP contribution in [0.25, 0.3) is 0 Å². The average molecular weight is 291 g/mol. The van der Waals surface area contributed by atoms with E-state index >= 15 is 0 Å². The molecule has 6 heteroatoms. The van der Waals surface area contributed by atoms with E-state index in [4.69, 9.17) is 0 Å². The van der Waals surface area contributed by atoms with Crippen molar-refractivity contribution in [3.8, 4) is 5.75 Å². The first-order valence-electron chi connectivity index (χ1n) is 7.25. The van der Waals surface area contributed by atoms with Crippen LogP contribution in [-0.4, -0.2) is 35.5 Å². The quantitative estimate of drug-likeness (QED) is 0.774. The Bertz CT molecular complexity index is 511. The molecule has 0 unspecified atom stereocenters. The third-order valence-corrected chi connectivity index (χ3v) is 4.02. The number of nitrogens with one attached hydrogen (secondary N) is 2. The predicted octanol–water partition coefficient (Wildman–Crippen LogP) is 1.07. The number of hydrogen-bond acceptors (Lipinski definition) is 4. The van der Waals surface area contributed by atoms with Crippen LogP contribution >= 0.6 is 0 Å². The molecule has 1 saturated carbocycles. The fourth-order valence-corrected chi connectivity index (χ4v) is 2.73. The lowest BCUT2D eigenvalue weighted by Gasteiger charge is -2.27. The fourth-order valence-electron chi connectivity index (χ4n) is 2.73. The van der Waals surface area contributed by atoms with Crippen molar-refractivity contribution in [2.45, 2.75) is 25.7 Å². The van der Waals surface area contributed by atoms with E-state index in [-0.39, 0.29) is 29.2 Å². The van der Waals surface area contributed by atoms with E-state index in [1.54, 1.807) is 13.1 Å². The first kappa shape index (κ1) is 15.3. The van der Waals surface area contributed by atoms with Gasteiger partial charge in [-0.05, 0) is 43.7 Å². The van der Waals surface area contributed by atoms with Gasteiger partial charge in [-0.1, -0.05) is 0 Å². The molecule has 0 aromatic carbocycles. The summed E-state index contributed by atoms with van der Waals surface area (Å²) in [7, 11) is 1.66. The largest absolute Gasteiger partial charge is 0.505 e. The summed E-state index contributed by atoms with van der Waals surface area (Å²) in [5.74, 6) is 0.109. The van der Waals surface area contributed by atoms with Crippen molar-refractivity contribution in [3.05, 3.63) is 24.0 Å². The van der Waals surface area contributed by atoms with Gasteiger partial charge in [0.1, 0.15) is 5.75 Å². The van der Waals surface area contributed by atoms with Gasteiger partial charge in [0, 0.05) is 25.7 Å². The van der Waals surface area contributed by atoms with Gasteiger partial charge < -0.3 is 15.7 Å². The molecule has 1 aliphatic carbocycles. The van der Waals surface area contributed by atoms with Crippen molar-refractivity contribution in [2.24, 2.45) is 11.8 Å². The van der Waals surface area contributed by atoms with Crippen LogP contribution in [0.4, 0.5) is 0 Å². The minimum Gasteiger partial charge on any atom is -0.505 e. The second-order valence-corrected chi connectivity index (χ2v) is 5.41. The molecule has 1 heterocycles. The van der Waals surface area contributed by atoms with Crippen molar-refractivity contribution >= 4 is 11.8 Å². The number of aromatic nitrogens is 1. The van der Waals surface area contributed by atoms with Crippen molar-refractivity contribution in [2.75, 3.05) is 13.6 Å². The molecule has 2 amide bonds. The number of nitrogens with zero attached hydrogens (tertiary/aromatic N) is 1. The number of rotatable bonds is 4. The van der Waals surface area contributed by atoms with Crippen molar-refractivity contribution in [1.82, 2.24) is 15.6 Å². The Morgan fingerprint density at radius 3 is 2.67 bits per heavy atom. The number of amides is 2. The third kappa shape index (κ3) is 3.93. The van der Waals surface area contributed by atoms with Gasteiger partial charge in [0.2, 0.25) is 5.91 Å². The van der Waals surface area contributed by atoms with E-state index in [2.05, 4.69) is 15.6 Å². The SMILES string of the molecule is CNC(=O)C1CCC(CNC(=O)c2ncccc2O)CC1. The summed E-state index contributed by atoms with van der Waals surface area (Å²) >= 11 is 0. The highest BCUT2D eigenvalue weighted by atomic mass is 16.3. The molecular formula is C15H21N3O3. The van der Waals surface area contributed by atoms with Crippen LogP contribution in [0.15, 0.2) is 18.3 Å². The number of carbonyl (C=O) groups excluding carboxylic acids is 2. The Hall–Kier alpha value is -2.11. The minimum atomic E-state index is -0.360. The van der Waals surface area contributed by atoms with Gasteiger partial charge in [-0.15, -0.1) is 0 Å². The fraction of sp³-hybridized carbons (Fsp3) is 0.533. The highest BCUT2D eigenvalue weighted by Crippen LogP contribution is 2.28. The molecule has 1 aromatic heterocycles. The van der Waals surface area contributed by atoms with Crippen LogP contribution in [0.3, 0.4) is 0 Å². The summed E-state index contributed by atoms with van der Waals surface area (Å²) in [4.78, 5) is 27.3. The summed E-state index contributed by atoms with van der Waals surface area (Å²) in [5, 5.41) is 15.1. The highest BCUT2D eigenvalue weighted by molar-refractivity contribution is 5.94. The second kappa shape index (κ2) is 7.06. The number of pyridine rings is 1. The van der Waals surface area contributed by atoms with Gasteiger partial charge in [0.25, 0.3) is 5.91 Å². The molecule has 114 valence electrons. The van der Waals surface area contributed by atoms with Crippen LogP contribution in [0.1, 0.15) is 36.2 Å². The Morgan fingerprint density at radius 1 is 1.33 bits per heavy atom. The Balaban J connectivity index is 1.79. The van der Waals surface area contributed by atoms with Gasteiger partial charge in [-0.25, -0.2) is 4.98 Å². The standard InChI is InChI=1S/C15H21N3O3/c1-16-14(20)11-6-4-10(5-7-11)9-18-15(21)13-12(19)3-2-8-17-13/h2-3,8,10-11,19H,4-7,9H2,1H3,(H,16,20)(H,18,21). The van der Waals surface area contributed by atoms with Crippen molar-refractivity contribution < 1.29 is 14.7 Å². The Labute approximate surface area is 124 Å². The lowest BCUT2D eigenvalue weighted by molar-refractivity contribution is -0.125. The molecule has 0 saturated heterocycles. The van der Waals surface area contributed by atoms with Gasteiger partial charge in [-0.2, -0.15) is 0 Å². The summed E-state index contributed by atoms with van der Waals surface area (Å²) in [6.07, 6.45) is 5.03. The molecule has 6 nitrogen and oxygen atoms in total. The molecule has 1 fully saturated rings. The summed E-state index contributed by atoms with van der Waals surface area (Å²) in [6, 6.07) is 3.02. The first-order chi connectivity index (χ1) is 10.1. The number of hydrogen-bond donors (Lipinski definition) is 3. The minimum absolute atomic E-state index is 0.0524. The van der Waals surface area contributed by atoms with Crippen LogP contribution in [0.5, 0.6) is 5.75 Å². The lowest BCUT2D eigenvalue weighted by Crippen LogP contribution is -2.35. The maximum atomic E-state index is 11.9. The van der Waals surface area contributed by atoms with Gasteiger partial charge in [-0.3, -0.25) is 9.59 Å². The first-order valence-corrected chi connectivity index (χ1v) is 7.25. The molecule has 1 aliphatic rings. The molecule has 3 N–H and O–H groups in total. The molecule has 21 heavy (non-hydrogen) atoms. The topological polar surface area (TPSA) is 91.3 Å². The van der Waals surface area contributed by atoms with Gasteiger partial charge >= 0.3 is 0 Å². The second-order valence-electron chi connectivity index (χ2n) is 5.41. The van der Waals surface area contributed by atoms with Gasteiger partial charge in [0.05, 0.1) is 0 Å². The van der Waals surface area contributed by atoms with E-state index in [0.29, 0.717) is 12.5 Å². The molecule has 0 spiro atoms. The highest BCUT2D eigenvalue weighted by Gasteiger charge is 2.26. The molecule has 0 aliphatic heterocycles. The van der Waals surface area contributed by atoms with Crippen LogP contribution < -0.4 is 10.6 Å². The zero-order valence-corrected chi connectivity index (χ0v) is 12.1. The van der Waals surface area contributed by atoms with Crippen molar-refractivity contribution in [1.29, 1.82) is 0 Å². The molecule has 0 radical (unpaired) electrons. The Kier molecular flexibility index (Phi) is 5.14.